The summed E-state index contributed by atoms with van der Waals surface area (Å²) >= 11 is 3.35. The van der Waals surface area contributed by atoms with E-state index in [0.717, 1.165) is 14.7 Å². The van der Waals surface area contributed by atoms with Gasteiger partial charge in [0.05, 0.1) is 12.0 Å². The lowest BCUT2D eigenvalue weighted by atomic mass is 10.3. The minimum atomic E-state index is -0.498. The third kappa shape index (κ3) is 3.00. The van der Waals surface area contributed by atoms with E-state index in [2.05, 4.69) is 31.2 Å². The quantitative estimate of drug-likeness (QED) is 0.683. The number of aromatic nitrogens is 5. The highest BCUT2D eigenvalue weighted by Gasteiger charge is 2.16. The number of aryl methyl sites for hydroxylation is 2. The van der Waals surface area contributed by atoms with E-state index in [1.54, 1.807) is 12.1 Å². The van der Waals surface area contributed by atoms with Crippen LogP contribution >= 0.6 is 15.9 Å². The van der Waals surface area contributed by atoms with E-state index in [1.165, 1.54) is 29.6 Å². The maximum atomic E-state index is 12.3. The number of carbonyl (C=O) groups excluding carboxylic acids is 1. The van der Waals surface area contributed by atoms with Crippen LogP contribution in [0.15, 0.2) is 32.5 Å². The summed E-state index contributed by atoms with van der Waals surface area (Å²) in [4.78, 5) is 44.8. The van der Waals surface area contributed by atoms with E-state index in [4.69, 9.17) is 0 Å². The fourth-order valence-electron chi connectivity index (χ4n) is 2.51. The Bertz CT molecular complexity index is 1110. The summed E-state index contributed by atoms with van der Waals surface area (Å²) in [6, 6.07) is 3.46. The Morgan fingerprint density at radius 3 is 2.64 bits per heavy atom. The summed E-state index contributed by atoms with van der Waals surface area (Å²) < 4.78 is 4.57. The molecule has 10 heteroatoms. The molecule has 0 aliphatic heterocycles. The second-order valence-electron chi connectivity index (χ2n) is 5.56. The Balaban J connectivity index is 1.93. The third-order valence-corrected chi connectivity index (χ3v) is 4.65. The number of fused-ring (bicyclic) bond motifs is 1. The Hall–Kier alpha value is -2.75. The number of rotatable bonds is 3. The third-order valence-electron chi connectivity index (χ3n) is 3.81. The van der Waals surface area contributed by atoms with Crippen LogP contribution in [0.1, 0.15) is 5.69 Å². The summed E-state index contributed by atoms with van der Waals surface area (Å²) in [6.45, 7) is 1.71. The average molecular weight is 407 g/mol. The van der Waals surface area contributed by atoms with Gasteiger partial charge in [0.25, 0.3) is 5.56 Å². The van der Waals surface area contributed by atoms with Gasteiger partial charge in [0.15, 0.2) is 5.52 Å². The normalized spacial score (nSPS) is 11.0. The van der Waals surface area contributed by atoms with E-state index in [1.807, 2.05) is 6.92 Å². The molecule has 1 N–H and O–H groups in total. The monoisotopic (exact) mass is 406 g/mol. The predicted octanol–water partition coefficient (Wildman–Crippen LogP) is 0.538. The largest absolute Gasteiger partial charge is 0.332 e. The van der Waals surface area contributed by atoms with Crippen molar-refractivity contribution in [3.8, 4) is 0 Å². The van der Waals surface area contributed by atoms with Crippen LogP contribution in [0.4, 0.5) is 5.82 Å². The maximum absolute atomic E-state index is 12.3. The lowest BCUT2D eigenvalue weighted by Crippen LogP contribution is -2.37. The summed E-state index contributed by atoms with van der Waals surface area (Å²) in [5.74, 6) is 0.0709. The van der Waals surface area contributed by atoms with Crippen molar-refractivity contribution in [2.75, 3.05) is 5.32 Å². The lowest BCUT2D eigenvalue weighted by molar-refractivity contribution is -0.116. The second kappa shape index (κ2) is 6.28. The highest BCUT2D eigenvalue weighted by molar-refractivity contribution is 9.10. The van der Waals surface area contributed by atoms with E-state index >= 15 is 0 Å². The first kappa shape index (κ1) is 17.1. The molecule has 3 aromatic heterocycles. The van der Waals surface area contributed by atoms with Gasteiger partial charge in [0.1, 0.15) is 18.0 Å². The summed E-state index contributed by atoms with van der Waals surface area (Å²) in [5, 5.41) is 2.68. The first-order valence-electron chi connectivity index (χ1n) is 7.33. The van der Waals surface area contributed by atoms with Crippen LogP contribution in [0, 0.1) is 6.92 Å². The van der Waals surface area contributed by atoms with Crippen LogP contribution in [0.2, 0.25) is 0 Å². The standard InChI is InChI=1S/C15H15BrN6O3/c1-8-9(16)4-5-10(18-8)19-11(23)6-22-7-17-12-13(22)20(2)15(25)21(3)14(12)24/h4-5,7H,6H2,1-3H3,(H,18,19,23). The highest BCUT2D eigenvalue weighted by atomic mass is 79.9. The first-order valence-corrected chi connectivity index (χ1v) is 8.12. The zero-order valence-electron chi connectivity index (χ0n) is 13.8. The number of pyridine rings is 1. The van der Waals surface area contributed by atoms with Gasteiger partial charge in [-0.1, -0.05) is 0 Å². The zero-order valence-corrected chi connectivity index (χ0v) is 15.4. The van der Waals surface area contributed by atoms with E-state index in [9.17, 15) is 14.4 Å². The summed E-state index contributed by atoms with van der Waals surface area (Å²) in [6.07, 6.45) is 1.37. The average Bonchev–Trinajstić information content (AvgIpc) is 2.98. The van der Waals surface area contributed by atoms with Crippen LogP contribution in [0.3, 0.4) is 0 Å². The Morgan fingerprint density at radius 1 is 1.24 bits per heavy atom. The molecule has 3 rings (SSSR count). The molecule has 130 valence electrons. The molecule has 0 bridgehead atoms. The molecule has 0 aliphatic rings. The van der Waals surface area contributed by atoms with Gasteiger partial charge < -0.3 is 9.88 Å². The number of carbonyl (C=O) groups is 1. The number of hydrogen-bond donors (Lipinski definition) is 1. The highest BCUT2D eigenvalue weighted by Crippen LogP contribution is 2.16. The van der Waals surface area contributed by atoms with Crippen LogP contribution in [-0.4, -0.2) is 29.6 Å². The van der Waals surface area contributed by atoms with Crippen molar-refractivity contribution in [1.29, 1.82) is 0 Å². The molecule has 1 amide bonds. The summed E-state index contributed by atoms with van der Waals surface area (Å²) in [5.41, 5.74) is 0.197. The fourth-order valence-corrected chi connectivity index (χ4v) is 2.73. The van der Waals surface area contributed by atoms with Crippen molar-refractivity contribution in [3.05, 3.63) is 49.5 Å². The van der Waals surface area contributed by atoms with Gasteiger partial charge >= 0.3 is 5.69 Å². The minimum Gasteiger partial charge on any atom is -0.309 e. The number of nitrogens with zero attached hydrogens (tertiary/aromatic N) is 5. The van der Waals surface area contributed by atoms with Crippen LogP contribution in [-0.2, 0) is 25.4 Å². The van der Waals surface area contributed by atoms with Gasteiger partial charge in [-0.25, -0.2) is 14.8 Å². The Kier molecular flexibility index (Phi) is 4.29. The van der Waals surface area contributed by atoms with Crippen molar-refractivity contribution in [1.82, 2.24) is 23.7 Å². The van der Waals surface area contributed by atoms with Gasteiger partial charge in [-0.05, 0) is 35.0 Å². The smallest absolute Gasteiger partial charge is 0.309 e. The molecule has 0 radical (unpaired) electrons. The molecular formula is C15H15BrN6O3. The Labute approximate surface area is 150 Å². The molecule has 25 heavy (non-hydrogen) atoms. The van der Waals surface area contributed by atoms with Crippen LogP contribution in [0.25, 0.3) is 11.2 Å². The molecular weight excluding hydrogens is 392 g/mol. The van der Waals surface area contributed by atoms with Gasteiger partial charge in [0, 0.05) is 18.6 Å². The molecule has 0 saturated carbocycles. The molecule has 0 unspecified atom stereocenters. The number of anilines is 1. The van der Waals surface area contributed by atoms with Gasteiger partial charge in [-0.2, -0.15) is 0 Å². The number of amides is 1. The van der Waals surface area contributed by atoms with E-state index < -0.39 is 11.2 Å². The minimum absolute atomic E-state index is 0.103. The number of hydrogen-bond acceptors (Lipinski definition) is 5. The molecule has 3 aromatic rings. The molecule has 0 aliphatic carbocycles. The molecule has 0 spiro atoms. The summed E-state index contributed by atoms with van der Waals surface area (Å²) in [7, 11) is 2.91. The van der Waals surface area contributed by atoms with E-state index in [0.29, 0.717) is 11.5 Å². The first-order chi connectivity index (χ1) is 11.8. The lowest BCUT2D eigenvalue weighted by Gasteiger charge is -2.09. The van der Waals surface area contributed by atoms with Crippen molar-refractivity contribution in [3.63, 3.8) is 0 Å². The van der Waals surface area contributed by atoms with E-state index in [-0.39, 0.29) is 18.0 Å². The maximum Gasteiger partial charge on any atom is 0.332 e. The number of halogens is 1. The van der Waals surface area contributed by atoms with Gasteiger partial charge in [-0.3, -0.25) is 18.7 Å². The van der Waals surface area contributed by atoms with Gasteiger partial charge in [0.2, 0.25) is 5.91 Å². The van der Waals surface area contributed by atoms with Crippen LogP contribution < -0.4 is 16.6 Å². The number of nitrogens with one attached hydrogen (secondary N) is 1. The van der Waals surface area contributed by atoms with Crippen molar-refractivity contribution in [2.24, 2.45) is 14.1 Å². The van der Waals surface area contributed by atoms with Crippen molar-refractivity contribution < 1.29 is 4.79 Å². The SMILES string of the molecule is Cc1nc(NC(=O)Cn2cnc3c(=O)n(C)c(=O)n(C)c32)ccc1Br. The molecule has 0 aromatic carbocycles. The van der Waals surface area contributed by atoms with Crippen molar-refractivity contribution >= 4 is 38.8 Å². The van der Waals surface area contributed by atoms with Crippen molar-refractivity contribution in [2.45, 2.75) is 13.5 Å². The predicted molar refractivity (Wildman–Crippen MR) is 95.5 cm³/mol. The molecule has 3 heterocycles. The molecule has 0 fully saturated rings. The molecule has 0 saturated heterocycles. The zero-order chi connectivity index (χ0) is 18.3. The number of imidazole rings is 1. The molecule has 0 atom stereocenters. The fraction of sp³-hybridized carbons (Fsp3) is 0.267. The molecule has 9 nitrogen and oxygen atoms in total. The topological polar surface area (TPSA) is 104 Å². The van der Waals surface area contributed by atoms with Gasteiger partial charge in [-0.15, -0.1) is 0 Å². The second-order valence-corrected chi connectivity index (χ2v) is 6.42. The van der Waals surface area contributed by atoms with Crippen LogP contribution in [0.5, 0.6) is 0 Å². The Morgan fingerprint density at radius 2 is 1.96 bits per heavy atom.